The predicted octanol–water partition coefficient (Wildman–Crippen LogP) is 6.62. The summed E-state index contributed by atoms with van der Waals surface area (Å²) in [7, 11) is 0. The summed E-state index contributed by atoms with van der Waals surface area (Å²) in [6, 6.07) is 9.49. The molecule has 3 aromatic rings. The first-order valence-corrected chi connectivity index (χ1v) is 15.8. The number of nitrogens with zero attached hydrogens (tertiary/aromatic N) is 3. The van der Waals surface area contributed by atoms with Crippen molar-refractivity contribution in [2.75, 3.05) is 26.2 Å². The van der Waals surface area contributed by atoms with Gasteiger partial charge in [-0.15, -0.1) is 0 Å². The molecule has 9 heteroatoms. The van der Waals surface area contributed by atoms with Crippen LogP contribution in [0.4, 0.5) is 8.78 Å². The number of rotatable bonds is 10. The summed E-state index contributed by atoms with van der Waals surface area (Å²) in [5, 5.41) is 9.73. The number of ether oxygens (including phenoxy) is 1. The summed E-state index contributed by atoms with van der Waals surface area (Å²) >= 11 is 0. The Hall–Kier alpha value is -3.85. The third-order valence-corrected chi connectivity index (χ3v) is 9.09. The number of carbonyl (C=O) groups excluding carboxylic acids is 1. The van der Waals surface area contributed by atoms with Crippen molar-refractivity contribution in [3.8, 4) is 16.9 Å². The van der Waals surface area contributed by atoms with Gasteiger partial charge in [-0.3, -0.25) is 14.7 Å². The van der Waals surface area contributed by atoms with Gasteiger partial charge in [-0.2, -0.15) is 0 Å². The van der Waals surface area contributed by atoms with Crippen LogP contribution in [-0.2, 0) is 19.4 Å². The van der Waals surface area contributed by atoms with Gasteiger partial charge in [-0.25, -0.2) is 13.6 Å². The van der Waals surface area contributed by atoms with Crippen LogP contribution in [0.3, 0.4) is 0 Å². The van der Waals surface area contributed by atoms with Crippen LogP contribution in [0.2, 0.25) is 0 Å². The molecule has 3 heterocycles. The zero-order valence-electron chi connectivity index (χ0n) is 25.4. The highest BCUT2D eigenvalue weighted by atomic mass is 19.1. The molecule has 0 atom stereocenters. The van der Waals surface area contributed by atoms with E-state index < -0.39 is 17.6 Å². The largest absolute Gasteiger partial charge is 0.493 e. The number of amides is 1. The fourth-order valence-corrected chi connectivity index (χ4v) is 6.81. The Kier molecular flexibility index (Phi) is 8.67. The summed E-state index contributed by atoms with van der Waals surface area (Å²) in [5.74, 6) is -1.40. The number of benzene rings is 2. The number of hydrogen-bond donors (Lipinski definition) is 1. The Morgan fingerprint density at radius 2 is 1.80 bits per heavy atom. The van der Waals surface area contributed by atoms with E-state index >= 15 is 0 Å². The summed E-state index contributed by atoms with van der Waals surface area (Å²) in [4.78, 5) is 34.3. The molecule has 3 aliphatic rings. The number of piperidine rings is 1. The molecule has 232 valence electrons. The molecule has 1 aliphatic carbocycles. The highest BCUT2D eigenvalue weighted by Crippen LogP contribution is 2.49. The van der Waals surface area contributed by atoms with E-state index in [0.29, 0.717) is 66.7 Å². The van der Waals surface area contributed by atoms with Gasteiger partial charge in [0.15, 0.2) is 0 Å². The second-order valence-corrected chi connectivity index (χ2v) is 12.2. The maximum Gasteiger partial charge on any atom is 0.337 e. The molecule has 0 spiro atoms. The Bertz CT molecular complexity index is 1580. The highest BCUT2D eigenvalue weighted by Gasteiger charge is 2.35. The van der Waals surface area contributed by atoms with Crippen molar-refractivity contribution in [3.05, 3.63) is 81.7 Å². The van der Waals surface area contributed by atoms with E-state index in [9.17, 15) is 23.5 Å². The molecule has 44 heavy (non-hydrogen) atoms. The Morgan fingerprint density at radius 3 is 2.45 bits per heavy atom. The SMILES string of the molecule is CCCc1nc2c(cc1C(=O)O)C(=O)N(C1CCN(Cc3cc(OCC)c(-c4ccc(F)cc4F)c(C4CC4)c3)CC1)CC2. The number of likely N-dealkylation sites (tertiary alicyclic amines) is 1. The first kappa shape index (κ1) is 30.2. The molecule has 7 nitrogen and oxygen atoms in total. The minimum Gasteiger partial charge on any atom is -0.493 e. The third kappa shape index (κ3) is 6.07. The number of aryl methyl sites for hydroxylation is 1. The van der Waals surface area contributed by atoms with Gasteiger partial charge in [0.2, 0.25) is 0 Å². The van der Waals surface area contributed by atoms with E-state index in [1.807, 2.05) is 24.8 Å². The minimum atomic E-state index is -1.05. The van der Waals surface area contributed by atoms with Gasteiger partial charge in [0, 0.05) is 55.8 Å². The van der Waals surface area contributed by atoms with Crippen LogP contribution in [-0.4, -0.2) is 64.0 Å². The second kappa shape index (κ2) is 12.6. The van der Waals surface area contributed by atoms with Crippen molar-refractivity contribution in [1.82, 2.24) is 14.8 Å². The number of carboxylic acid groups (broad SMARTS) is 1. The number of hydrogen-bond acceptors (Lipinski definition) is 5. The maximum atomic E-state index is 14.9. The predicted molar refractivity (Wildman–Crippen MR) is 163 cm³/mol. The number of carboxylic acids is 1. The lowest BCUT2D eigenvalue weighted by Crippen LogP contribution is -2.50. The smallest absolute Gasteiger partial charge is 0.337 e. The molecule has 0 bridgehead atoms. The molecule has 0 radical (unpaired) electrons. The molecule has 1 saturated heterocycles. The lowest BCUT2D eigenvalue weighted by molar-refractivity contribution is 0.0543. The number of pyridine rings is 1. The summed E-state index contributed by atoms with van der Waals surface area (Å²) in [6.07, 6.45) is 5.70. The highest BCUT2D eigenvalue weighted by molar-refractivity contribution is 5.99. The first-order chi connectivity index (χ1) is 21.3. The van der Waals surface area contributed by atoms with E-state index in [-0.39, 0.29) is 17.5 Å². The van der Waals surface area contributed by atoms with Crippen LogP contribution >= 0.6 is 0 Å². The van der Waals surface area contributed by atoms with Gasteiger partial charge in [0.1, 0.15) is 17.4 Å². The van der Waals surface area contributed by atoms with Crippen molar-refractivity contribution in [2.45, 2.75) is 77.3 Å². The maximum absolute atomic E-state index is 14.9. The molecular formula is C35H39F2N3O4. The summed E-state index contributed by atoms with van der Waals surface area (Å²) in [5.41, 5.74) is 5.05. The molecule has 2 aromatic carbocycles. The lowest BCUT2D eigenvalue weighted by Gasteiger charge is -2.40. The van der Waals surface area contributed by atoms with Gasteiger partial charge in [-0.05, 0) is 80.3 Å². The normalized spacial score (nSPS) is 17.5. The number of carbonyl (C=O) groups is 2. The van der Waals surface area contributed by atoms with Crippen LogP contribution in [0.15, 0.2) is 36.4 Å². The molecule has 0 unspecified atom stereocenters. The van der Waals surface area contributed by atoms with Crippen molar-refractivity contribution in [3.63, 3.8) is 0 Å². The van der Waals surface area contributed by atoms with Gasteiger partial charge in [0.05, 0.1) is 29.1 Å². The monoisotopic (exact) mass is 603 g/mol. The fraction of sp³-hybridized carbons (Fsp3) is 0.457. The molecule has 6 rings (SSSR count). The van der Waals surface area contributed by atoms with E-state index in [0.717, 1.165) is 68.0 Å². The molecule has 1 saturated carbocycles. The zero-order chi connectivity index (χ0) is 31.0. The molecule has 2 fully saturated rings. The number of aromatic nitrogens is 1. The second-order valence-electron chi connectivity index (χ2n) is 12.2. The Morgan fingerprint density at radius 1 is 1.02 bits per heavy atom. The van der Waals surface area contributed by atoms with Crippen LogP contribution < -0.4 is 4.74 Å². The quantitative estimate of drug-likeness (QED) is 0.281. The minimum absolute atomic E-state index is 0.0836. The molecule has 2 aliphatic heterocycles. The van der Waals surface area contributed by atoms with Crippen molar-refractivity contribution < 1.29 is 28.2 Å². The van der Waals surface area contributed by atoms with Gasteiger partial charge in [0.25, 0.3) is 5.91 Å². The molecule has 1 aromatic heterocycles. The first-order valence-electron chi connectivity index (χ1n) is 15.8. The zero-order valence-corrected chi connectivity index (χ0v) is 25.4. The average Bonchev–Trinajstić information content (AvgIpc) is 3.84. The van der Waals surface area contributed by atoms with E-state index in [1.165, 1.54) is 18.2 Å². The summed E-state index contributed by atoms with van der Waals surface area (Å²) in [6.45, 7) is 7.25. The topological polar surface area (TPSA) is 83.0 Å². The number of halogens is 2. The summed E-state index contributed by atoms with van der Waals surface area (Å²) < 4.78 is 34.7. The van der Waals surface area contributed by atoms with Crippen LogP contribution in [0.25, 0.3) is 11.1 Å². The number of fused-ring (bicyclic) bond motifs is 1. The van der Waals surface area contributed by atoms with Gasteiger partial charge < -0.3 is 14.7 Å². The van der Waals surface area contributed by atoms with Crippen molar-refractivity contribution in [2.24, 2.45) is 0 Å². The average molecular weight is 604 g/mol. The van der Waals surface area contributed by atoms with Crippen molar-refractivity contribution in [1.29, 1.82) is 0 Å². The Balaban J connectivity index is 1.17. The van der Waals surface area contributed by atoms with E-state index in [2.05, 4.69) is 16.0 Å². The molecule has 1 amide bonds. The van der Waals surface area contributed by atoms with E-state index in [1.54, 1.807) is 0 Å². The van der Waals surface area contributed by atoms with Crippen LogP contribution in [0.1, 0.15) is 95.1 Å². The van der Waals surface area contributed by atoms with Crippen molar-refractivity contribution >= 4 is 11.9 Å². The standard InChI is InChI=1S/C35H39F2N3O4/c1-3-5-30-28(35(42)43)19-27-31(38-30)12-15-40(34(27)41)24-10-13-39(14-11-24)20-21-16-26(22-6-7-22)33(32(17-21)44-4-2)25-9-8-23(36)18-29(25)37/h8-9,16-19,22,24H,3-7,10-15,20H2,1-2H3,(H,42,43). The van der Waals surface area contributed by atoms with Gasteiger partial charge >= 0.3 is 5.97 Å². The fourth-order valence-electron chi connectivity index (χ4n) is 6.81. The lowest BCUT2D eigenvalue weighted by atomic mass is 9.92. The van der Waals surface area contributed by atoms with Gasteiger partial charge in [-0.1, -0.05) is 19.4 Å². The van der Waals surface area contributed by atoms with E-state index in [4.69, 9.17) is 4.74 Å². The van der Waals surface area contributed by atoms with Crippen LogP contribution in [0.5, 0.6) is 5.75 Å². The number of aromatic carboxylic acids is 1. The molecule has 1 N–H and O–H groups in total. The molecular weight excluding hydrogens is 564 g/mol. The van der Waals surface area contributed by atoms with Crippen LogP contribution in [0, 0.1) is 11.6 Å². The Labute approximate surface area is 256 Å². The third-order valence-electron chi connectivity index (χ3n) is 9.09.